The third kappa shape index (κ3) is 4.79. The minimum absolute atomic E-state index is 0.278. The number of nitrogens with zero attached hydrogens (tertiary/aromatic N) is 1. The minimum Gasteiger partial charge on any atom is -0.489 e. The summed E-state index contributed by atoms with van der Waals surface area (Å²) < 4.78 is 12.6. The molecule has 5 heteroatoms. The average Bonchev–Trinajstić information content (AvgIpc) is 2.58. The third-order valence-electron chi connectivity index (χ3n) is 4.16. The fourth-order valence-corrected chi connectivity index (χ4v) is 3.42. The third-order valence-corrected chi connectivity index (χ3v) is 4.61. The number of benzene rings is 2. The van der Waals surface area contributed by atoms with E-state index >= 15 is 0 Å². The van der Waals surface area contributed by atoms with E-state index in [9.17, 15) is 4.79 Å². The van der Waals surface area contributed by atoms with Gasteiger partial charge >= 0.3 is 6.09 Å². The van der Waals surface area contributed by atoms with E-state index in [4.69, 9.17) is 9.47 Å². The smallest absolute Gasteiger partial charge is 0.410 e. The molecule has 1 aliphatic rings. The Hall–Kier alpha value is -2.01. The van der Waals surface area contributed by atoms with Gasteiger partial charge in [0.15, 0.2) is 0 Å². The highest BCUT2D eigenvalue weighted by atomic mass is 79.9. The van der Waals surface area contributed by atoms with Crippen LogP contribution in [-0.2, 0) is 24.3 Å². The van der Waals surface area contributed by atoms with Gasteiger partial charge in [0, 0.05) is 16.6 Å². The predicted octanol–water partition coefficient (Wildman–Crippen LogP) is 5.32. The molecule has 0 saturated carbocycles. The molecule has 0 unspecified atom stereocenters. The number of carbonyl (C=O) groups is 1. The van der Waals surface area contributed by atoms with Crippen LogP contribution in [0.15, 0.2) is 46.9 Å². The van der Waals surface area contributed by atoms with E-state index in [1.165, 1.54) is 5.56 Å². The van der Waals surface area contributed by atoms with Crippen molar-refractivity contribution in [1.29, 1.82) is 0 Å². The molecule has 0 saturated heterocycles. The summed E-state index contributed by atoms with van der Waals surface area (Å²) in [6.07, 6.45) is 0.510. The average molecular weight is 418 g/mol. The van der Waals surface area contributed by atoms with Gasteiger partial charge in [0.2, 0.25) is 0 Å². The molecule has 26 heavy (non-hydrogen) atoms. The zero-order chi connectivity index (χ0) is 18.7. The first kappa shape index (κ1) is 18.8. The number of rotatable bonds is 3. The maximum absolute atomic E-state index is 12.4. The van der Waals surface area contributed by atoms with Crippen molar-refractivity contribution in [3.63, 3.8) is 0 Å². The van der Waals surface area contributed by atoms with Crippen molar-refractivity contribution in [2.24, 2.45) is 0 Å². The van der Waals surface area contributed by atoms with Gasteiger partial charge in [-0.05, 0) is 50.5 Å². The lowest BCUT2D eigenvalue weighted by Gasteiger charge is -2.32. The van der Waals surface area contributed by atoms with E-state index in [0.29, 0.717) is 19.7 Å². The highest BCUT2D eigenvalue weighted by Gasteiger charge is 2.27. The highest BCUT2D eigenvalue weighted by molar-refractivity contribution is 9.10. The fourth-order valence-electron chi connectivity index (χ4n) is 2.94. The van der Waals surface area contributed by atoms with Crippen LogP contribution in [0.25, 0.3) is 0 Å². The number of halogens is 1. The summed E-state index contributed by atoms with van der Waals surface area (Å²) in [5.74, 6) is 0.812. The molecule has 0 fully saturated rings. The number of fused-ring (bicyclic) bond motifs is 1. The largest absolute Gasteiger partial charge is 0.489 e. The van der Waals surface area contributed by atoms with Crippen LogP contribution < -0.4 is 4.74 Å². The van der Waals surface area contributed by atoms with Crippen molar-refractivity contribution >= 4 is 22.0 Å². The lowest BCUT2D eigenvalue weighted by molar-refractivity contribution is 0.0222. The van der Waals surface area contributed by atoms with Crippen molar-refractivity contribution < 1.29 is 14.3 Å². The molecule has 0 spiro atoms. The van der Waals surface area contributed by atoms with Gasteiger partial charge in [-0.2, -0.15) is 0 Å². The standard InChI is InChI=1S/C21H24BrNO3/c1-21(2,3)26-20(24)23-10-9-16-11-17(22)12-19(18(16)13-23)25-14-15-7-5-4-6-8-15/h4-8,11-12H,9-10,13-14H2,1-3H3. The second-order valence-electron chi connectivity index (χ2n) is 7.47. The Bertz CT molecular complexity index is 784. The molecular formula is C21H24BrNO3. The summed E-state index contributed by atoms with van der Waals surface area (Å²) in [6, 6.07) is 14.1. The van der Waals surface area contributed by atoms with Gasteiger partial charge in [0.05, 0.1) is 6.54 Å². The van der Waals surface area contributed by atoms with Crippen LogP contribution in [0.1, 0.15) is 37.5 Å². The van der Waals surface area contributed by atoms with Gasteiger partial charge in [-0.15, -0.1) is 0 Å². The molecule has 1 aliphatic heterocycles. The van der Waals surface area contributed by atoms with E-state index in [-0.39, 0.29) is 6.09 Å². The van der Waals surface area contributed by atoms with Crippen LogP contribution in [0, 0.1) is 0 Å². The van der Waals surface area contributed by atoms with Crippen LogP contribution in [0.3, 0.4) is 0 Å². The monoisotopic (exact) mass is 417 g/mol. The maximum atomic E-state index is 12.4. The van der Waals surface area contributed by atoms with Gasteiger partial charge < -0.3 is 14.4 Å². The molecule has 4 nitrogen and oxygen atoms in total. The Labute approximate surface area is 163 Å². The summed E-state index contributed by atoms with van der Waals surface area (Å²) in [7, 11) is 0. The Morgan fingerprint density at radius 3 is 2.62 bits per heavy atom. The molecule has 2 aromatic carbocycles. The SMILES string of the molecule is CC(C)(C)OC(=O)N1CCc2cc(Br)cc(OCc3ccccc3)c2C1. The number of amides is 1. The highest BCUT2D eigenvalue weighted by Crippen LogP contribution is 2.33. The first-order valence-corrected chi connectivity index (χ1v) is 9.57. The normalized spacial score (nSPS) is 13.9. The van der Waals surface area contributed by atoms with Crippen molar-refractivity contribution in [3.05, 3.63) is 63.6 Å². The Morgan fingerprint density at radius 1 is 1.19 bits per heavy atom. The van der Waals surface area contributed by atoms with Crippen LogP contribution >= 0.6 is 15.9 Å². The molecule has 0 aromatic heterocycles. The zero-order valence-corrected chi connectivity index (χ0v) is 17.0. The molecule has 0 N–H and O–H groups in total. The van der Waals surface area contributed by atoms with Crippen LogP contribution in [0.2, 0.25) is 0 Å². The van der Waals surface area contributed by atoms with Gasteiger partial charge in [0.1, 0.15) is 18.0 Å². The zero-order valence-electron chi connectivity index (χ0n) is 15.4. The number of hydrogen-bond donors (Lipinski definition) is 0. The lowest BCUT2D eigenvalue weighted by Crippen LogP contribution is -2.40. The summed E-state index contributed by atoms with van der Waals surface area (Å²) >= 11 is 3.57. The van der Waals surface area contributed by atoms with Gasteiger partial charge in [-0.1, -0.05) is 46.3 Å². The van der Waals surface area contributed by atoms with Crippen LogP contribution in [-0.4, -0.2) is 23.1 Å². The van der Waals surface area contributed by atoms with Crippen LogP contribution in [0.4, 0.5) is 4.79 Å². The molecule has 138 valence electrons. The Morgan fingerprint density at radius 2 is 1.92 bits per heavy atom. The number of hydrogen-bond acceptors (Lipinski definition) is 3. The topological polar surface area (TPSA) is 38.8 Å². The summed E-state index contributed by atoms with van der Waals surface area (Å²) in [5, 5.41) is 0. The quantitative estimate of drug-likeness (QED) is 0.677. The van der Waals surface area contributed by atoms with E-state index in [0.717, 1.165) is 27.8 Å². The minimum atomic E-state index is -0.496. The van der Waals surface area contributed by atoms with Crippen molar-refractivity contribution in [2.75, 3.05) is 6.54 Å². The molecular weight excluding hydrogens is 394 g/mol. The first-order valence-electron chi connectivity index (χ1n) is 8.78. The molecule has 3 rings (SSSR count). The molecule has 2 aromatic rings. The molecule has 0 bridgehead atoms. The molecule has 0 radical (unpaired) electrons. The molecule has 1 amide bonds. The number of ether oxygens (including phenoxy) is 2. The van der Waals surface area contributed by atoms with Crippen molar-refractivity contribution in [2.45, 2.75) is 45.9 Å². The second-order valence-corrected chi connectivity index (χ2v) is 8.38. The van der Waals surface area contributed by atoms with Gasteiger partial charge in [-0.25, -0.2) is 4.79 Å². The predicted molar refractivity (Wildman–Crippen MR) is 105 cm³/mol. The molecule has 1 heterocycles. The van der Waals surface area contributed by atoms with E-state index in [2.05, 4.69) is 22.0 Å². The van der Waals surface area contributed by atoms with Crippen molar-refractivity contribution in [1.82, 2.24) is 4.90 Å². The van der Waals surface area contributed by atoms with Gasteiger partial charge in [0.25, 0.3) is 0 Å². The Balaban J connectivity index is 1.78. The van der Waals surface area contributed by atoms with Crippen LogP contribution in [0.5, 0.6) is 5.75 Å². The number of carbonyl (C=O) groups excluding carboxylic acids is 1. The lowest BCUT2D eigenvalue weighted by atomic mass is 9.99. The van der Waals surface area contributed by atoms with E-state index < -0.39 is 5.60 Å². The van der Waals surface area contributed by atoms with E-state index in [1.807, 2.05) is 57.2 Å². The maximum Gasteiger partial charge on any atom is 0.410 e. The fraction of sp³-hybridized carbons (Fsp3) is 0.381. The van der Waals surface area contributed by atoms with Crippen molar-refractivity contribution in [3.8, 4) is 5.75 Å². The van der Waals surface area contributed by atoms with E-state index in [1.54, 1.807) is 4.90 Å². The molecule has 0 atom stereocenters. The second kappa shape index (κ2) is 7.70. The first-order chi connectivity index (χ1) is 12.3. The summed E-state index contributed by atoms with van der Waals surface area (Å²) in [4.78, 5) is 14.2. The van der Waals surface area contributed by atoms with Gasteiger partial charge in [-0.3, -0.25) is 0 Å². The molecule has 0 aliphatic carbocycles. The Kier molecular flexibility index (Phi) is 5.56. The summed E-state index contributed by atoms with van der Waals surface area (Å²) in [6.45, 7) is 7.30. The summed E-state index contributed by atoms with van der Waals surface area (Å²) in [5.41, 5.74) is 2.88.